The number of aromatic hydroxyl groups is 1. The van der Waals surface area contributed by atoms with Crippen molar-refractivity contribution < 1.29 is 9.84 Å². The molecule has 0 aliphatic rings. The molecule has 2 N–H and O–H groups in total. The van der Waals surface area contributed by atoms with Crippen LogP contribution in [0, 0.1) is 0 Å². The van der Waals surface area contributed by atoms with Gasteiger partial charge in [-0.15, -0.1) is 0 Å². The van der Waals surface area contributed by atoms with Crippen molar-refractivity contribution in [3.8, 4) is 22.9 Å². The quantitative estimate of drug-likeness (QED) is 0.753. The van der Waals surface area contributed by atoms with Crippen LogP contribution >= 0.6 is 0 Å². The van der Waals surface area contributed by atoms with Gasteiger partial charge in [0.2, 0.25) is 0 Å². The zero-order valence-electron chi connectivity index (χ0n) is 10.6. The Bertz CT molecular complexity index is 686. The first-order chi connectivity index (χ1) is 9.28. The van der Waals surface area contributed by atoms with E-state index in [1.54, 1.807) is 12.1 Å². The maximum absolute atomic E-state index is 9.89. The van der Waals surface area contributed by atoms with Gasteiger partial charge in [0.25, 0.3) is 0 Å². The molecule has 3 aromatic rings. The minimum Gasteiger partial charge on any atom is -0.504 e. The van der Waals surface area contributed by atoms with Gasteiger partial charge in [0.15, 0.2) is 11.5 Å². The summed E-state index contributed by atoms with van der Waals surface area (Å²) in [5, 5.41) is 9.89. The molecule has 0 unspecified atom stereocenters. The number of phenols is 1. The molecule has 0 saturated heterocycles. The lowest BCUT2D eigenvalue weighted by atomic mass is 10.2. The van der Waals surface area contributed by atoms with Gasteiger partial charge in [0.1, 0.15) is 5.82 Å². The summed E-state index contributed by atoms with van der Waals surface area (Å²) in [5.41, 5.74) is 2.72. The number of fused-ring (bicyclic) bond motifs is 1. The van der Waals surface area contributed by atoms with Crippen LogP contribution in [0.5, 0.6) is 11.5 Å². The first-order valence-corrected chi connectivity index (χ1v) is 6.19. The Kier molecular flexibility index (Phi) is 2.83. The number of benzene rings is 2. The predicted molar refractivity (Wildman–Crippen MR) is 74.4 cm³/mol. The van der Waals surface area contributed by atoms with Crippen molar-refractivity contribution in [2.45, 2.75) is 6.92 Å². The van der Waals surface area contributed by atoms with Crippen molar-refractivity contribution in [1.29, 1.82) is 0 Å². The highest BCUT2D eigenvalue weighted by Crippen LogP contribution is 2.31. The van der Waals surface area contributed by atoms with Crippen LogP contribution in [-0.2, 0) is 0 Å². The van der Waals surface area contributed by atoms with Crippen LogP contribution in [0.2, 0.25) is 0 Å². The summed E-state index contributed by atoms with van der Waals surface area (Å²) in [6, 6.07) is 13.1. The van der Waals surface area contributed by atoms with E-state index in [-0.39, 0.29) is 5.75 Å². The fourth-order valence-electron chi connectivity index (χ4n) is 2.03. The van der Waals surface area contributed by atoms with Gasteiger partial charge in [-0.05, 0) is 37.3 Å². The SMILES string of the molecule is CCOc1ccc(-c2nc3ccccc3[nH]2)cc1O. The van der Waals surface area contributed by atoms with E-state index in [1.165, 1.54) is 0 Å². The van der Waals surface area contributed by atoms with E-state index in [9.17, 15) is 5.11 Å². The zero-order chi connectivity index (χ0) is 13.2. The molecule has 0 fully saturated rings. The summed E-state index contributed by atoms with van der Waals surface area (Å²) in [4.78, 5) is 7.72. The van der Waals surface area contributed by atoms with Gasteiger partial charge < -0.3 is 14.8 Å². The second-order valence-corrected chi connectivity index (χ2v) is 4.22. The molecule has 2 aromatic carbocycles. The number of aromatic amines is 1. The number of ether oxygens (including phenoxy) is 1. The molecule has 0 spiro atoms. The predicted octanol–water partition coefficient (Wildman–Crippen LogP) is 3.33. The standard InChI is InChI=1S/C15H14N2O2/c1-2-19-14-8-7-10(9-13(14)18)15-16-11-5-3-4-6-12(11)17-15/h3-9,18H,2H2,1H3,(H,16,17). The van der Waals surface area contributed by atoms with Crippen molar-refractivity contribution in [1.82, 2.24) is 9.97 Å². The molecular weight excluding hydrogens is 240 g/mol. The van der Waals surface area contributed by atoms with Crippen LogP contribution in [0.3, 0.4) is 0 Å². The molecule has 0 radical (unpaired) electrons. The second kappa shape index (κ2) is 4.65. The van der Waals surface area contributed by atoms with E-state index in [1.807, 2.05) is 37.3 Å². The van der Waals surface area contributed by atoms with Crippen molar-refractivity contribution in [2.24, 2.45) is 0 Å². The normalized spacial score (nSPS) is 10.8. The summed E-state index contributed by atoms with van der Waals surface area (Å²) >= 11 is 0. The highest BCUT2D eigenvalue weighted by Gasteiger charge is 2.08. The lowest BCUT2D eigenvalue weighted by molar-refractivity contribution is 0.318. The smallest absolute Gasteiger partial charge is 0.160 e. The minimum absolute atomic E-state index is 0.125. The molecule has 0 bridgehead atoms. The summed E-state index contributed by atoms with van der Waals surface area (Å²) in [6.07, 6.45) is 0. The van der Waals surface area contributed by atoms with E-state index >= 15 is 0 Å². The average molecular weight is 254 g/mol. The highest BCUT2D eigenvalue weighted by molar-refractivity contribution is 5.79. The van der Waals surface area contributed by atoms with Gasteiger partial charge in [-0.25, -0.2) is 4.98 Å². The van der Waals surface area contributed by atoms with Gasteiger partial charge in [-0.3, -0.25) is 0 Å². The topological polar surface area (TPSA) is 58.1 Å². The molecule has 1 aromatic heterocycles. The van der Waals surface area contributed by atoms with Crippen LogP contribution in [0.15, 0.2) is 42.5 Å². The maximum atomic E-state index is 9.89. The van der Waals surface area contributed by atoms with E-state index in [2.05, 4.69) is 9.97 Å². The number of aromatic nitrogens is 2. The number of H-pyrrole nitrogens is 1. The number of imidazole rings is 1. The lowest BCUT2D eigenvalue weighted by Crippen LogP contribution is -1.92. The highest BCUT2D eigenvalue weighted by atomic mass is 16.5. The molecule has 0 aliphatic carbocycles. The number of nitrogens with one attached hydrogen (secondary N) is 1. The van der Waals surface area contributed by atoms with E-state index < -0.39 is 0 Å². The second-order valence-electron chi connectivity index (χ2n) is 4.22. The number of rotatable bonds is 3. The Labute approximate surface area is 110 Å². The molecule has 4 heteroatoms. The Balaban J connectivity index is 2.03. The Hall–Kier alpha value is -2.49. The van der Waals surface area contributed by atoms with Crippen LogP contribution in [0.25, 0.3) is 22.4 Å². The molecule has 96 valence electrons. The van der Waals surface area contributed by atoms with E-state index in [0.29, 0.717) is 12.4 Å². The molecular formula is C15H14N2O2. The van der Waals surface area contributed by atoms with Crippen molar-refractivity contribution in [3.05, 3.63) is 42.5 Å². The minimum atomic E-state index is 0.125. The monoisotopic (exact) mass is 254 g/mol. The van der Waals surface area contributed by atoms with Crippen LogP contribution in [0.1, 0.15) is 6.92 Å². The lowest BCUT2D eigenvalue weighted by Gasteiger charge is -2.06. The van der Waals surface area contributed by atoms with Crippen LogP contribution in [0.4, 0.5) is 0 Å². The molecule has 0 aliphatic heterocycles. The molecule has 0 amide bonds. The summed E-state index contributed by atoms with van der Waals surface area (Å²) in [5.74, 6) is 1.35. The fraction of sp³-hybridized carbons (Fsp3) is 0.133. The fourth-order valence-corrected chi connectivity index (χ4v) is 2.03. The Morgan fingerprint density at radius 2 is 2.05 bits per heavy atom. The number of hydrogen-bond donors (Lipinski definition) is 2. The molecule has 19 heavy (non-hydrogen) atoms. The first kappa shape index (κ1) is 11.6. The van der Waals surface area contributed by atoms with Gasteiger partial charge >= 0.3 is 0 Å². The van der Waals surface area contributed by atoms with Crippen molar-refractivity contribution >= 4 is 11.0 Å². The average Bonchev–Trinajstić information content (AvgIpc) is 2.85. The van der Waals surface area contributed by atoms with E-state index in [0.717, 1.165) is 22.4 Å². The third kappa shape index (κ3) is 2.12. The van der Waals surface area contributed by atoms with Crippen molar-refractivity contribution in [3.63, 3.8) is 0 Å². The maximum Gasteiger partial charge on any atom is 0.160 e. The summed E-state index contributed by atoms with van der Waals surface area (Å²) in [7, 11) is 0. The molecule has 0 saturated carbocycles. The zero-order valence-corrected chi connectivity index (χ0v) is 10.6. The Morgan fingerprint density at radius 1 is 1.21 bits per heavy atom. The largest absolute Gasteiger partial charge is 0.504 e. The third-order valence-corrected chi connectivity index (χ3v) is 2.92. The van der Waals surface area contributed by atoms with Gasteiger partial charge in [-0.2, -0.15) is 0 Å². The third-order valence-electron chi connectivity index (χ3n) is 2.92. The summed E-state index contributed by atoms with van der Waals surface area (Å²) in [6.45, 7) is 2.41. The molecule has 1 heterocycles. The van der Waals surface area contributed by atoms with Gasteiger partial charge in [-0.1, -0.05) is 12.1 Å². The number of phenolic OH excluding ortho intramolecular Hbond substituents is 1. The first-order valence-electron chi connectivity index (χ1n) is 6.19. The van der Waals surface area contributed by atoms with Crippen LogP contribution in [-0.4, -0.2) is 21.7 Å². The summed E-state index contributed by atoms with van der Waals surface area (Å²) < 4.78 is 5.31. The molecule has 3 rings (SSSR count). The number of para-hydroxylation sites is 2. The Morgan fingerprint density at radius 3 is 2.79 bits per heavy atom. The molecule has 0 atom stereocenters. The van der Waals surface area contributed by atoms with Gasteiger partial charge in [0, 0.05) is 5.56 Å². The number of nitrogens with zero attached hydrogens (tertiary/aromatic N) is 1. The number of hydrogen-bond acceptors (Lipinski definition) is 3. The van der Waals surface area contributed by atoms with E-state index in [4.69, 9.17) is 4.74 Å². The van der Waals surface area contributed by atoms with Gasteiger partial charge in [0.05, 0.1) is 17.6 Å². The van der Waals surface area contributed by atoms with Crippen molar-refractivity contribution in [2.75, 3.05) is 6.61 Å². The van der Waals surface area contributed by atoms with Crippen LogP contribution < -0.4 is 4.74 Å². The molecule has 4 nitrogen and oxygen atoms in total.